The summed E-state index contributed by atoms with van der Waals surface area (Å²) >= 11 is 0. The topological polar surface area (TPSA) is 92.7 Å². The third kappa shape index (κ3) is 4.15. The van der Waals surface area contributed by atoms with Crippen LogP contribution in [0.5, 0.6) is 0 Å². The van der Waals surface area contributed by atoms with Gasteiger partial charge in [-0.2, -0.15) is 0 Å². The number of methoxy groups -OCH3 is 1. The maximum absolute atomic E-state index is 11.3. The van der Waals surface area contributed by atoms with E-state index in [0.29, 0.717) is 12.8 Å². The van der Waals surface area contributed by atoms with Gasteiger partial charge in [0.05, 0.1) is 13.2 Å². The van der Waals surface area contributed by atoms with Gasteiger partial charge in [-0.05, 0) is 18.8 Å². The van der Waals surface area contributed by atoms with Crippen LogP contribution in [-0.2, 0) is 19.6 Å². The highest BCUT2D eigenvalue weighted by atomic mass is 32.2. The third-order valence-corrected chi connectivity index (χ3v) is 3.56. The highest BCUT2D eigenvalue weighted by molar-refractivity contribution is 7.90. The lowest BCUT2D eigenvalue weighted by Crippen LogP contribution is -2.40. The van der Waals surface area contributed by atoms with E-state index in [1.54, 1.807) is 0 Å². The van der Waals surface area contributed by atoms with Crippen LogP contribution in [0.15, 0.2) is 0 Å². The molecule has 1 fully saturated rings. The van der Waals surface area contributed by atoms with E-state index in [9.17, 15) is 13.2 Å². The lowest BCUT2D eigenvalue weighted by molar-refractivity contribution is -0.137. The first kappa shape index (κ1) is 12.4. The number of hydrogen-bond acceptors (Lipinski definition) is 5. The lowest BCUT2D eigenvalue weighted by atomic mass is 9.83. The summed E-state index contributed by atoms with van der Waals surface area (Å²) in [6.07, 6.45) is 0.918. The fourth-order valence-electron chi connectivity index (χ4n) is 1.38. The van der Waals surface area contributed by atoms with Gasteiger partial charge in [0.15, 0.2) is 5.75 Å². The Morgan fingerprint density at radius 2 is 2.13 bits per heavy atom. The quantitative estimate of drug-likeness (QED) is 0.589. The molecule has 1 aliphatic carbocycles. The van der Waals surface area contributed by atoms with Crippen LogP contribution >= 0.6 is 0 Å². The Kier molecular flexibility index (Phi) is 4.06. The summed E-state index contributed by atoms with van der Waals surface area (Å²) < 4.78 is 29.1. The Labute approximate surface area is 88.7 Å². The average molecular weight is 237 g/mol. The van der Waals surface area contributed by atoms with Gasteiger partial charge in [0, 0.05) is 6.54 Å². The standard InChI is InChI=1S/C8H15NO5S/c1-14-8(11)5-15(12,13)9-4-6-2-7(10)3-6/h6-7,9-10H,2-5H2,1H3. The maximum atomic E-state index is 11.3. The molecular formula is C8H15NO5S. The number of carbonyl (C=O) groups is 1. The Bertz CT molecular complexity index is 320. The molecule has 0 amide bonds. The molecule has 7 heteroatoms. The molecule has 0 spiro atoms. The molecule has 1 rings (SSSR count). The van der Waals surface area contributed by atoms with Crippen molar-refractivity contribution in [3.8, 4) is 0 Å². The molecule has 0 heterocycles. The smallest absolute Gasteiger partial charge is 0.322 e. The van der Waals surface area contributed by atoms with Crippen molar-refractivity contribution < 1.29 is 23.1 Å². The van der Waals surface area contributed by atoms with Gasteiger partial charge in [0.1, 0.15) is 0 Å². The van der Waals surface area contributed by atoms with Gasteiger partial charge < -0.3 is 9.84 Å². The van der Waals surface area contributed by atoms with Crippen molar-refractivity contribution in [3.63, 3.8) is 0 Å². The summed E-state index contributed by atoms with van der Waals surface area (Å²) in [5.74, 6) is -1.26. The van der Waals surface area contributed by atoms with Crippen molar-refractivity contribution in [2.75, 3.05) is 19.4 Å². The van der Waals surface area contributed by atoms with E-state index in [1.807, 2.05) is 0 Å². The van der Waals surface area contributed by atoms with Gasteiger partial charge in [0.2, 0.25) is 10.0 Å². The normalized spacial score (nSPS) is 25.7. The average Bonchev–Trinajstić information content (AvgIpc) is 2.09. The van der Waals surface area contributed by atoms with Crippen LogP contribution in [0.2, 0.25) is 0 Å². The second-order valence-electron chi connectivity index (χ2n) is 3.67. The van der Waals surface area contributed by atoms with Gasteiger partial charge in [0.25, 0.3) is 0 Å². The number of nitrogens with one attached hydrogen (secondary N) is 1. The Morgan fingerprint density at radius 3 is 2.60 bits per heavy atom. The van der Waals surface area contributed by atoms with Crippen LogP contribution in [0.25, 0.3) is 0 Å². The van der Waals surface area contributed by atoms with E-state index in [2.05, 4.69) is 9.46 Å². The number of sulfonamides is 1. The molecule has 0 unspecified atom stereocenters. The van der Waals surface area contributed by atoms with Crippen LogP contribution < -0.4 is 4.72 Å². The molecule has 0 aromatic rings. The zero-order valence-electron chi connectivity index (χ0n) is 8.47. The summed E-state index contributed by atoms with van der Waals surface area (Å²) in [6, 6.07) is 0. The first-order valence-electron chi connectivity index (χ1n) is 4.65. The van der Waals surface area contributed by atoms with Gasteiger partial charge in [-0.15, -0.1) is 0 Å². The Hall–Kier alpha value is -0.660. The summed E-state index contributed by atoms with van der Waals surface area (Å²) in [5.41, 5.74) is 0. The molecule has 0 radical (unpaired) electrons. The minimum atomic E-state index is -3.59. The monoisotopic (exact) mass is 237 g/mol. The summed E-state index contributed by atoms with van der Waals surface area (Å²) in [5, 5.41) is 8.98. The van der Waals surface area contributed by atoms with E-state index in [1.165, 1.54) is 0 Å². The number of esters is 1. The third-order valence-electron chi connectivity index (χ3n) is 2.34. The van der Waals surface area contributed by atoms with E-state index in [-0.39, 0.29) is 18.6 Å². The Balaban J connectivity index is 2.27. The van der Waals surface area contributed by atoms with Gasteiger partial charge in [-0.1, -0.05) is 0 Å². The molecule has 0 saturated heterocycles. The molecule has 1 aliphatic rings. The number of ether oxygens (including phenoxy) is 1. The zero-order chi connectivity index (χ0) is 11.5. The van der Waals surface area contributed by atoms with E-state index < -0.39 is 21.7 Å². The predicted molar refractivity (Wildman–Crippen MR) is 52.5 cm³/mol. The molecule has 0 atom stereocenters. The van der Waals surface area contributed by atoms with Gasteiger partial charge in [-0.25, -0.2) is 13.1 Å². The highest BCUT2D eigenvalue weighted by Crippen LogP contribution is 2.26. The molecule has 2 N–H and O–H groups in total. The van der Waals surface area contributed by atoms with Gasteiger partial charge in [-0.3, -0.25) is 4.79 Å². The minimum Gasteiger partial charge on any atom is -0.468 e. The molecule has 0 aliphatic heterocycles. The minimum absolute atomic E-state index is 0.174. The van der Waals surface area contributed by atoms with Crippen molar-refractivity contribution in [1.82, 2.24) is 4.72 Å². The molecule has 0 aromatic carbocycles. The fraction of sp³-hybridized carbons (Fsp3) is 0.875. The van der Waals surface area contributed by atoms with Gasteiger partial charge >= 0.3 is 5.97 Å². The number of aliphatic hydroxyl groups is 1. The number of carbonyl (C=O) groups excluding carboxylic acids is 1. The molecule has 1 saturated carbocycles. The van der Waals surface area contributed by atoms with E-state index >= 15 is 0 Å². The van der Waals surface area contributed by atoms with Crippen molar-refractivity contribution in [3.05, 3.63) is 0 Å². The molecule has 0 aromatic heterocycles. The van der Waals surface area contributed by atoms with Crippen molar-refractivity contribution in [1.29, 1.82) is 0 Å². The first-order chi connectivity index (χ1) is 6.93. The number of aliphatic hydroxyl groups excluding tert-OH is 1. The summed E-state index contributed by atoms with van der Waals surface area (Å²) in [6.45, 7) is 0.274. The molecule has 88 valence electrons. The second kappa shape index (κ2) is 4.91. The van der Waals surface area contributed by atoms with E-state index in [4.69, 9.17) is 5.11 Å². The largest absolute Gasteiger partial charge is 0.468 e. The predicted octanol–water partition coefficient (Wildman–Crippen LogP) is -1.15. The molecule has 15 heavy (non-hydrogen) atoms. The first-order valence-corrected chi connectivity index (χ1v) is 6.30. The molecule has 6 nitrogen and oxygen atoms in total. The van der Waals surface area contributed by atoms with Crippen LogP contribution in [0.4, 0.5) is 0 Å². The second-order valence-corrected chi connectivity index (χ2v) is 5.48. The highest BCUT2D eigenvalue weighted by Gasteiger charge is 2.28. The molecular weight excluding hydrogens is 222 g/mol. The summed E-state index contributed by atoms with van der Waals surface area (Å²) in [4.78, 5) is 10.7. The van der Waals surface area contributed by atoms with Crippen molar-refractivity contribution >= 4 is 16.0 Å². The molecule has 0 bridgehead atoms. The van der Waals surface area contributed by atoms with Crippen LogP contribution in [0.3, 0.4) is 0 Å². The van der Waals surface area contributed by atoms with Crippen molar-refractivity contribution in [2.45, 2.75) is 18.9 Å². The number of rotatable bonds is 5. The Morgan fingerprint density at radius 1 is 1.53 bits per heavy atom. The van der Waals surface area contributed by atoms with E-state index in [0.717, 1.165) is 7.11 Å². The van der Waals surface area contributed by atoms with Crippen molar-refractivity contribution in [2.24, 2.45) is 5.92 Å². The lowest BCUT2D eigenvalue weighted by Gasteiger charge is -2.31. The van der Waals surface area contributed by atoms with Crippen LogP contribution in [0.1, 0.15) is 12.8 Å². The van der Waals surface area contributed by atoms with Crippen LogP contribution in [-0.4, -0.2) is 45.0 Å². The maximum Gasteiger partial charge on any atom is 0.322 e. The SMILES string of the molecule is COC(=O)CS(=O)(=O)NCC1CC(O)C1. The summed E-state index contributed by atoms with van der Waals surface area (Å²) in [7, 11) is -2.45. The number of hydrogen-bond donors (Lipinski definition) is 2. The fourth-order valence-corrected chi connectivity index (χ4v) is 2.40. The van der Waals surface area contributed by atoms with Crippen LogP contribution in [0, 0.1) is 5.92 Å². The zero-order valence-corrected chi connectivity index (χ0v) is 9.29.